The molecular formula is C12H16FNO3. The fourth-order valence-corrected chi connectivity index (χ4v) is 1.36. The van der Waals surface area contributed by atoms with Gasteiger partial charge in [-0.25, -0.2) is 4.39 Å². The van der Waals surface area contributed by atoms with Crippen molar-refractivity contribution < 1.29 is 19.0 Å². The Balaban J connectivity index is 2.61. The molecule has 2 N–H and O–H groups in total. The highest BCUT2D eigenvalue weighted by atomic mass is 19.1. The number of hydrogen-bond donors (Lipinski definition) is 2. The molecule has 0 aromatic heterocycles. The van der Waals surface area contributed by atoms with E-state index in [0.29, 0.717) is 5.56 Å². The van der Waals surface area contributed by atoms with Gasteiger partial charge in [0.1, 0.15) is 18.0 Å². The molecule has 5 heteroatoms. The second kappa shape index (κ2) is 5.75. The lowest BCUT2D eigenvalue weighted by atomic mass is 9.96. The number of nitrogens with one attached hydrogen (secondary N) is 1. The lowest BCUT2D eigenvalue weighted by Crippen LogP contribution is -2.39. The number of methoxy groups -OCH3 is 1. The van der Waals surface area contributed by atoms with Gasteiger partial charge in [0.15, 0.2) is 0 Å². The topological polar surface area (TPSA) is 58.6 Å². The fraction of sp³-hybridized carbons (Fsp3) is 0.417. The quantitative estimate of drug-likeness (QED) is 0.801. The van der Waals surface area contributed by atoms with Gasteiger partial charge >= 0.3 is 0 Å². The monoisotopic (exact) mass is 241 g/mol. The van der Waals surface area contributed by atoms with Crippen molar-refractivity contribution in [2.75, 3.05) is 20.3 Å². The van der Waals surface area contributed by atoms with Crippen molar-refractivity contribution in [3.8, 4) is 0 Å². The van der Waals surface area contributed by atoms with Crippen molar-refractivity contribution >= 4 is 5.91 Å². The zero-order chi connectivity index (χ0) is 12.9. The molecule has 0 radical (unpaired) electrons. The number of carbonyl (C=O) groups excluding carboxylic acids is 1. The van der Waals surface area contributed by atoms with Crippen LogP contribution in [0.5, 0.6) is 0 Å². The highest BCUT2D eigenvalue weighted by Gasteiger charge is 2.23. The predicted octanol–water partition coefficient (Wildman–Crippen LogP) is 0.796. The maximum absolute atomic E-state index is 12.7. The van der Waals surface area contributed by atoms with E-state index in [1.165, 1.54) is 31.4 Å². The van der Waals surface area contributed by atoms with Gasteiger partial charge in [-0.3, -0.25) is 4.79 Å². The molecule has 0 heterocycles. The standard InChI is InChI=1S/C12H16FNO3/c1-12(16,8-14-11(15)7-17-2)9-3-5-10(13)6-4-9/h3-6,16H,7-8H2,1-2H3,(H,14,15). The first-order valence-electron chi connectivity index (χ1n) is 5.20. The SMILES string of the molecule is COCC(=O)NCC(C)(O)c1ccc(F)cc1. The lowest BCUT2D eigenvalue weighted by Gasteiger charge is -2.24. The Kier molecular flexibility index (Phi) is 4.60. The van der Waals surface area contributed by atoms with Crippen LogP contribution in [0.4, 0.5) is 4.39 Å². The van der Waals surface area contributed by atoms with E-state index in [-0.39, 0.29) is 24.9 Å². The van der Waals surface area contributed by atoms with Crippen molar-refractivity contribution in [1.29, 1.82) is 0 Å². The first-order chi connectivity index (χ1) is 7.95. The van der Waals surface area contributed by atoms with Gasteiger partial charge in [0.2, 0.25) is 5.91 Å². The van der Waals surface area contributed by atoms with Gasteiger partial charge in [0.05, 0.1) is 6.54 Å². The van der Waals surface area contributed by atoms with Crippen molar-refractivity contribution in [2.45, 2.75) is 12.5 Å². The summed E-state index contributed by atoms with van der Waals surface area (Å²) < 4.78 is 17.4. The largest absolute Gasteiger partial charge is 0.384 e. The highest BCUT2D eigenvalue weighted by molar-refractivity contribution is 5.77. The number of aliphatic hydroxyl groups is 1. The molecule has 0 aliphatic carbocycles. The van der Waals surface area contributed by atoms with Crippen LogP contribution in [0, 0.1) is 5.82 Å². The van der Waals surface area contributed by atoms with Crippen molar-refractivity contribution in [1.82, 2.24) is 5.32 Å². The number of carbonyl (C=O) groups is 1. The molecule has 4 nitrogen and oxygen atoms in total. The minimum atomic E-state index is -1.24. The molecule has 94 valence electrons. The smallest absolute Gasteiger partial charge is 0.246 e. The Morgan fingerprint density at radius 2 is 2.06 bits per heavy atom. The summed E-state index contributed by atoms with van der Waals surface area (Å²) in [4.78, 5) is 11.2. The average Bonchev–Trinajstić information content (AvgIpc) is 2.28. The Bertz CT molecular complexity index is 376. The van der Waals surface area contributed by atoms with Crippen LogP contribution in [0.1, 0.15) is 12.5 Å². The van der Waals surface area contributed by atoms with Gasteiger partial charge in [-0.1, -0.05) is 12.1 Å². The van der Waals surface area contributed by atoms with Crippen LogP contribution in [-0.2, 0) is 15.1 Å². The maximum Gasteiger partial charge on any atom is 0.246 e. The molecule has 1 atom stereocenters. The fourth-order valence-electron chi connectivity index (χ4n) is 1.36. The van der Waals surface area contributed by atoms with E-state index in [0.717, 1.165) is 0 Å². The Labute approximate surface area is 99.4 Å². The third-order valence-corrected chi connectivity index (χ3v) is 2.37. The number of ether oxygens (including phenoxy) is 1. The molecule has 0 saturated carbocycles. The third-order valence-electron chi connectivity index (χ3n) is 2.37. The van der Waals surface area contributed by atoms with Crippen molar-refractivity contribution in [3.63, 3.8) is 0 Å². The number of halogens is 1. The van der Waals surface area contributed by atoms with Crippen LogP contribution in [0.3, 0.4) is 0 Å². The van der Waals surface area contributed by atoms with Crippen molar-refractivity contribution in [2.24, 2.45) is 0 Å². The maximum atomic E-state index is 12.7. The summed E-state index contributed by atoms with van der Waals surface area (Å²) in [6.45, 7) is 1.54. The van der Waals surface area contributed by atoms with E-state index in [9.17, 15) is 14.3 Å². The summed E-state index contributed by atoms with van der Waals surface area (Å²) >= 11 is 0. The summed E-state index contributed by atoms with van der Waals surface area (Å²) in [6, 6.07) is 5.50. The van der Waals surface area contributed by atoms with Gasteiger partial charge in [0, 0.05) is 7.11 Å². The normalized spacial score (nSPS) is 14.1. The second-order valence-corrected chi connectivity index (χ2v) is 3.99. The third kappa shape index (κ3) is 4.13. The summed E-state index contributed by atoms with van der Waals surface area (Å²) in [5, 5.41) is 12.6. The van der Waals surface area contributed by atoms with E-state index >= 15 is 0 Å². The lowest BCUT2D eigenvalue weighted by molar-refractivity contribution is -0.125. The molecule has 0 aliphatic rings. The summed E-state index contributed by atoms with van der Waals surface area (Å²) in [5.74, 6) is -0.678. The van der Waals surface area contributed by atoms with Gasteiger partial charge in [-0.2, -0.15) is 0 Å². The van der Waals surface area contributed by atoms with E-state index < -0.39 is 5.60 Å². The molecular weight excluding hydrogens is 225 g/mol. The molecule has 1 aromatic carbocycles. The van der Waals surface area contributed by atoms with Crippen molar-refractivity contribution in [3.05, 3.63) is 35.6 Å². The van der Waals surface area contributed by atoms with E-state index in [2.05, 4.69) is 10.1 Å². The molecule has 1 unspecified atom stereocenters. The minimum absolute atomic E-state index is 0.0425. The first kappa shape index (κ1) is 13.6. The Morgan fingerprint density at radius 1 is 1.47 bits per heavy atom. The molecule has 1 aromatic rings. The summed E-state index contributed by atoms with van der Waals surface area (Å²) in [5.41, 5.74) is -0.700. The van der Waals surface area contributed by atoms with Crippen LogP contribution in [0.15, 0.2) is 24.3 Å². The van der Waals surface area contributed by atoms with Crippen LogP contribution in [0.25, 0.3) is 0 Å². The molecule has 0 saturated heterocycles. The first-order valence-corrected chi connectivity index (χ1v) is 5.20. The number of amides is 1. The van der Waals surface area contributed by atoms with Gasteiger partial charge in [0.25, 0.3) is 0 Å². The Hall–Kier alpha value is -1.46. The van der Waals surface area contributed by atoms with Gasteiger partial charge in [-0.15, -0.1) is 0 Å². The van der Waals surface area contributed by atoms with Gasteiger partial charge in [-0.05, 0) is 24.6 Å². The number of benzene rings is 1. The number of rotatable bonds is 5. The molecule has 0 bridgehead atoms. The zero-order valence-corrected chi connectivity index (χ0v) is 9.87. The molecule has 1 rings (SSSR count). The molecule has 0 aliphatic heterocycles. The van der Waals surface area contributed by atoms with Crippen LogP contribution in [0.2, 0.25) is 0 Å². The highest BCUT2D eigenvalue weighted by Crippen LogP contribution is 2.19. The van der Waals surface area contributed by atoms with Gasteiger partial charge < -0.3 is 15.2 Å². The number of hydrogen-bond acceptors (Lipinski definition) is 3. The summed E-state index contributed by atoms with van der Waals surface area (Å²) in [6.07, 6.45) is 0. The molecule has 1 amide bonds. The van der Waals surface area contributed by atoms with E-state index in [1.807, 2.05) is 0 Å². The van der Waals surface area contributed by atoms with Crippen LogP contribution in [-0.4, -0.2) is 31.3 Å². The second-order valence-electron chi connectivity index (χ2n) is 3.99. The van der Waals surface area contributed by atoms with E-state index in [1.54, 1.807) is 6.92 Å². The summed E-state index contributed by atoms with van der Waals surface area (Å²) in [7, 11) is 1.41. The molecule has 17 heavy (non-hydrogen) atoms. The zero-order valence-electron chi connectivity index (χ0n) is 9.87. The minimum Gasteiger partial charge on any atom is -0.384 e. The molecule has 0 fully saturated rings. The average molecular weight is 241 g/mol. The van der Waals surface area contributed by atoms with Crippen LogP contribution >= 0.6 is 0 Å². The predicted molar refractivity (Wildman–Crippen MR) is 60.9 cm³/mol. The Morgan fingerprint density at radius 3 is 2.59 bits per heavy atom. The van der Waals surface area contributed by atoms with Crippen LogP contribution < -0.4 is 5.32 Å². The van der Waals surface area contributed by atoms with E-state index in [4.69, 9.17) is 0 Å². The molecule has 0 spiro atoms.